The Morgan fingerprint density at radius 3 is 3.00 bits per heavy atom. The second-order valence-corrected chi connectivity index (χ2v) is 5.37. The smallest absolute Gasteiger partial charge is 0.309 e. The van der Waals surface area contributed by atoms with Gasteiger partial charge in [0.1, 0.15) is 0 Å². The Kier molecular flexibility index (Phi) is 4.07. The second-order valence-electron chi connectivity index (χ2n) is 4.04. The fraction of sp³-hybridized carbons (Fsp3) is 0.417. The number of carboxylic acids is 1. The summed E-state index contributed by atoms with van der Waals surface area (Å²) in [6, 6.07) is 5.40. The molecule has 0 aliphatic carbocycles. The molecule has 2 atom stereocenters. The van der Waals surface area contributed by atoms with Gasteiger partial charge in [0, 0.05) is 21.7 Å². The van der Waals surface area contributed by atoms with Crippen molar-refractivity contribution in [1.82, 2.24) is 0 Å². The summed E-state index contributed by atoms with van der Waals surface area (Å²) in [7, 11) is 0. The van der Waals surface area contributed by atoms with Crippen molar-refractivity contribution in [1.29, 1.82) is 0 Å². The van der Waals surface area contributed by atoms with Crippen LogP contribution in [0.2, 0.25) is 5.02 Å². The zero-order valence-electron chi connectivity index (χ0n) is 9.03. The van der Waals surface area contributed by atoms with E-state index < -0.39 is 18.0 Å². The van der Waals surface area contributed by atoms with Crippen LogP contribution < -0.4 is 0 Å². The highest BCUT2D eigenvalue weighted by atomic mass is 79.9. The first-order valence-corrected chi connectivity index (χ1v) is 6.56. The zero-order chi connectivity index (χ0) is 12.4. The molecule has 0 amide bonds. The maximum absolute atomic E-state index is 11.2. The Bertz CT molecular complexity index is 436. The largest absolute Gasteiger partial charge is 0.481 e. The lowest BCUT2D eigenvalue weighted by molar-refractivity contribution is -0.151. The summed E-state index contributed by atoms with van der Waals surface area (Å²) in [6.45, 7) is 0.581. The molecule has 0 saturated carbocycles. The van der Waals surface area contributed by atoms with E-state index in [1.807, 2.05) is 12.1 Å². The minimum Gasteiger partial charge on any atom is -0.481 e. The monoisotopic (exact) mass is 318 g/mol. The average molecular weight is 320 g/mol. The van der Waals surface area contributed by atoms with E-state index in [-0.39, 0.29) is 0 Å². The van der Waals surface area contributed by atoms with Crippen LogP contribution >= 0.6 is 27.5 Å². The Labute approximate surface area is 113 Å². The molecule has 2 rings (SSSR count). The van der Waals surface area contributed by atoms with Crippen LogP contribution in [0.4, 0.5) is 0 Å². The van der Waals surface area contributed by atoms with Crippen LogP contribution in [0.3, 0.4) is 0 Å². The van der Waals surface area contributed by atoms with Gasteiger partial charge in [-0.2, -0.15) is 0 Å². The van der Waals surface area contributed by atoms with Gasteiger partial charge in [-0.05, 0) is 31.0 Å². The summed E-state index contributed by atoms with van der Waals surface area (Å²) in [6.07, 6.45) is 0.952. The molecule has 1 aliphatic rings. The summed E-state index contributed by atoms with van der Waals surface area (Å²) >= 11 is 9.46. The minimum absolute atomic E-state index is 0.453. The van der Waals surface area contributed by atoms with Crippen LogP contribution in [0.1, 0.15) is 24.5 Å². The highest BCUT2D eigenvalue weighted by Crippen LogP contribution is 2.38. The second kappa shape index (κ2) is 5.38. The van der Waals surface area contributed by atoms with Gasteiger partial charge in [-0.1, -0.05) is 27.5 Å². The van der Waals surface area contributed by atoms with Crippen molar-refractivity contribution >= 4 is 33.5 Å². The molecule has 2 unspecified atom stereocenters. The van der Waals surface area contributed by atoms with Gasteiger partial charge in [-0.25, -0.2) is 0 Å². The van der Waals surface area contributed by atoms with E-state index in [0.717, 1.165) is 16.5 Å². The highest BCUT2D eigenvalue weighted by Gasteiger charge is 2.34. The maximum Gasteiger partial charge on any atom is 0.309 e. The van der Waals surface area contributed by atoms with Gasteiger partial charge in [0.2, 0.25) is 0 Å². The van der Waals surface area contributed by atoms with Crippen LogP contribution in [-0.4, -0.2) is 17.7 Å². The number of rotatable bonds is 2. The molecule has 0 radical (unpaired) electrons. The number of carbonyl (C=O) groups is 1. The van der Waals surface area contributed by atoms with Crippen molar-refractivity contribution in [2.24, 2.45) is 5.92 Å². The van der Waals surface area contributed by atoms with Gasteiger partial charge < -0.3 is 9.84 Å². The van der Waals surface area contributed by atoms with Gasteiger partial charge in [0.25, 0.3) is 0 Å². The van der Waals surface area contributed by atoms with Crippen molar-refractivity contribution in [2.45, 2.75) is 18.9 Å². The van der Waals surface area contributed by atoms with Gasteiger partial charge in [-0.3, -0.25) is 4.79 Å². The molecule has 0 bridgehead atoms. The van der Waals surface area contributed by atoms with Crippen LogP contribution in [0.5, 0.6) is 0 Å². The molecule has 0 spiro atoms. The summed E-state index contributed by atoms with van der Waals surface area (Å²) in [5.41, 5.74) is 0.744. The van der Waals surface area contributed by atoms with E-state index >= 15 is 0 Å². The van der Waals surface area contributed by atoms with E-state index in [9.17, 15) is 9.90 Å². The van der Waals surface area contributed by atoms with Crippen molar-refractivity contribution in [3.8, 4) is 0 Å². The number of halogens is 2. The molecule has 3 nitrogen and oxygen atoms in total. The molecule has 5 heteroatoms. The van der Waals surface area contributed by atoms with Crippen molar-refractivity contribution < 1.29 is 14.6 Å². The van der Waals surface area contributed by atoms with Gasteiger partial charge >= 0.3 is 5.97 Å². The number of hydrogen-bond donors (Lipinski definition) is 1. The number of carboxylic acid groups (broad SMARTS) is 1. The van der Waals surface area contributed by atoms with E-state index in [0.29, 0.717) is 18.1 Å². The number of benzene rings is 1. The molecular weight excluding hydrogens is 307 g/mol. The molecule has 1 aromatic carbocycles. The van der Waals surface area contributed by atoms with Crippen molar-refractivity contribution in [2.75, 3.05) is 6.61 Å². The molecule has 92 valence electrons. The molecule has 1 fully saturated rings. The van der Waals surface area contributed by atoms with Crippen molar-refractivity contribution in [3.63, 3.8) is 0 Å². The zero-order valence-corrected chi connectivity index (χ0v) is 11.4. The van der Waals surface area contributed by atoms with Gasteiger partial charge in [-0.15, -0.1) is 0 Å². The van der Waals surface area contributed by atoms with Crippen LogP contribution in [0.15, 0.2) is 22.7 Å². The lowest BCUT2D eigenvalue weighted by atomic mass is 9.89. The summed E-state index contributed by atoms with van der Waals surface area (Å²) < 4.78 is 6.46. The highest BCUT2D eigenvalue weighted by molar-refractivity contribution is 9.10. The first kappa shape index (κ1) is 12.9. The molecule has 1 saturated heterocycles. The summed E-state index contributed by atoms with van der Waals surface area (Å²) in [4.78, 5) is 11.2. The normalized spacial score (nSPS) is 24.6. The minimum atomic E-state index is -0.828. The van der Waals surface area contributed by atoms with Gasteiger partial charge in [0.15, 0.2) is 0 Å². The first-order valence-electron chi connectivity index (χ1n) is 5.39. The van der Waals surface area contributed by atoms with E-state index in [4.69, 9.17) is 16.3 Å². The Hall–Kier alpha value is -0.580. The Balaban J connectivity index is 2.35. The maximum atomic E-state index is 11.2. The fourth-order valence-corrected chi connectivity index (χ4v) is 2.68. The Morgan fingerprint density at radius 1 is 1.53 bits per heavy atom. The molecule has 1 heterocycles. The average Bonchev–Trinajstić information content (AvgIpc) is 2.32. The SMILES string of the molecule is O=C(O)C1CCCOC1c1cc(Br)ccc1Cl. The van der Waals surface area contributed by atoms with Gasteiger partial charge in [0.05, 0.1) is 12.0 Å². The quantitative estimate of drug-likeness (QED) is 0.905. The van der Waals surface area contributed by atoms with Crippen LogP contribution in [-0.2, 0) is 9.53 Å². The predicted octanol–water partition coefficient (Wildman–Crippen LogP) is 3.65. The first-order chi connectivity index (χ1) is 8.09. The molecule has 1 aromatic rings. The third-order valence-corrected chi connectivity index (χ3v) is 3.74. The standard InChI is InChI=1S/C12H12BrClO3/c13-7-3-4-10(14)9(6-7)11-8(12(15)16)2-1-5-17-11/h3-4,6,8,11H,1-2,5H2,(H,15,16). The lowest BCUT2D eigenvalue weighted by Crippen LogP contribution is -2.29. The summed E-state index contributed by atoms with van der Waals surface area (Å²) in [5, 5.41) is 9.74. The van der Waals surface area contributed by atoms with E-state index in [2.05, 4.69) is 15.9 Å². The molecule has 0 aromatic heterocycles. The van der Waals surface area contributed by atoms with Crippen LogP contribution in [0.25, 0.3) is 0 Å². The lowest BCUT2D eigenvalue weighted by Gasteiger charge is -2.29. The third-order valence-electron chi connectivity index (χ3n) is 2.90. The third kappa shape index (κ3) is 2.81. The van der Waals surface area contributed by atoms with E-state index in [1.54, 1.807) is 6.07 Å². The fourth-order valence-electron chi connectivity index (χ4n) is 2.07. The molecule has 17 heavy (non-hydrogen) atoms. The van der Waals surface area contributed by atoms with E-state index in [1.165, 1.54) is 0 Å². The number of aliphatic carboxylic acids is 1. The Morgan fingerprint density at radius 2 is 2.29 bits per heavy atom. The topological polar surface area (TPSA) is 46.5 Å². The number of hydrogen-bond acceptors (Lipinski definition) is 2. The molecule has 1 aliphatic heterocycles. The number of ether oxygens (including phenoxy) is 1. The summed E-state index contributed by atoms with van der Waals surface area (Å²) in [5.74, 6) is -1.35. The predicted molar refractivity (Wildman–Crippen MR) is 68.2 cm³/mol. The molecular formula is C12H12BrClO3. The van der Waals surface area contributed by atoms with Crippen LogP contribution in [0, 0.1) is 5.92 Å². The molecule has 1 N–H and O–H groups in total. The van der Waals surface area contributed by atoms with Crippen molar-refractivity contribution in [3.05, 3.63) is 33.3 Å².